The van der Waals surface area contributed by atoms with Crippen LogP contribution in [-0.4, -0.2) is 62.7 Å². The second-order valence-electron chi connectivity index (χ2n) is 3.72. The van der Waals surface area contributed by atoms with E-state index in [1.165, 1.54) is 0 Å². The van der Waals surface area contributed by atoms with Gasteiger partial charge in [0.1, 0.15) is 6.04 Å². The number of carbonyl (C=O) groups is 2. The minimum Gasteiger partial charge on any atom is -0.383 e. The van der Waals surface area contributed by atoms with Crippen LogP contribution in [0.3, 0.4) is 0 Å². The lowest BCUT2D eigenvalue weighted by molar-refractivity contribution is -0.141. The van der Waals surface area contributed by atoms with Crippen LogP contribution in [-0.2, 0) is 14.3 Å². The van der Waals surface area contributed by atoms with Crippen LogP contribution in [0.2, 0.25) is 0 Å². The summed E-state index contributed by atoms with van der Waals surface area (Å²) in [6, 6.07) is -0.370. The highest BCUT2D eigenvalue weighted by Gasteiger charge is 2.28. The molecule has 0 bridgehead atoms. The molecule has 0 aromatic carbocycles. The molecule has 0 radical (unpaired) electrons. The van der Waals surface area contributed by atoms with Gasteiger partial charge in [0.25, 0.3) is 0 Å². The summed E-state index contributed by atoms with van der Waals surface area (Å²) in [5.41, 5.74) is 0. The molecule has 2 N–H and O–H groups in total. The third kappa shape index (κ3) is 3.46. The molecule has 1 heterocycles. The third-order valence-corrected chi connectivity index (χ3v) is 2.58. The Morgan fingerprint density at radius 3 is 3.12 bits per heavy atom. The lowest BCUT2D eigenvalue weighted by Crippen LogP contribution is -2.57. The maximum atomic E-state index is 11.8. The number of carbonyl (C=O) groups excluding carboxylic acids is 2. The predicted octanol–water partition coefficient (Wildman–Crippen LogP) is -1.43. The first-order chi connectivity index (χ1) is 7.66. The normalized spacial score (nSPS) is 20.8. The second kappa shape index (κ2) is 6.44. The third-order valence-electron chi connectivity index (χ3n) is 2.58. The van der Waals surface area contributed by atoms with Gasteiger partial charge in [0.05, 0.1) is 13.2 Å². The van der Waals surface area contributed by atoms with E-state index in [4.69, 9.17) is 4.74 Å². The summed E-state index contributed by atoms with van der Waals surface area (Å²) < 4.78 is 4.86. The summed E-state index contributed by atoms with van der Waals surface area (Å²) in [5.74, 6) is -0.130. The van der Waals surface area contributed by atoms with Gasteiger partial charge >= 0.3 is 0 Å². The van der Waals surface area contributed by atoms with Crippen molar-refractivity contribution in [2.75, 3.05) is 39.9 Å². The van der Waals surface area contributed by atoms with Gasteiger partial charge in [-0.15, -0.1) is 0 Å². The molecule has 0 aromatic heterocycles. The van der Waals surface area contributed by atoms with E-state index < -0.39 is 0 Å². The van der Waals surface area contributed by atoms with Crippen LogP contribution in [0.1, 0.15) is 6.92 Å². The molecule has 16 heavy (non-hydrogen) atoms. The van der Waals surface area contributed by atoms with E-state index in [0.29, 0.717) is 26.2 Å². The largest absolute Gasteiger partial charge is 0.383 e. The van der Waals surface area contributed by atoms with Crippen LogP contribution in [0.4, 0.5) is 0 Å². The van der Waals surface area contributed by atoms with Crippen molar-refractivity contribution >= 4 is 11.8 Å². The molecule has 0 spiro atoms. The van der Waals surface area contributed by atoms with Crippen molar-refractivity contribution < 1.29 is 14.3 Å². The molecule has 2 amide bonds. The van der Waals surface area contributed by atoms with Crippen molar-refractivity contribution in [3.05, 3.63) is 0 Å². The molecular formula is C10H19N3O3. The zero-order chi connectivity index (χ0) is 12.0. The summed E-state index contributed by atoms with van der Waals surface area (Å²) >= 11 is 0. The summed E-state index contributed by atoms with van der Waals surface area (Å²) in [6.07, 6.45) is 0. The summed E-state index contributed by atoms with van der Waals surface area (Å²) in [6.45, 7) is 4.31. The van der Waals surface area contributed by atoms with Crippen molar-refractivity contribution in [1.29, 1.82) is 0 Å². The number of nitrogens with one attached hydrogen (secondary N) is 2. The van der Waals surface area contributed by atoms with Gasteiger partial charge in [-0.3, -0.25) is 9.59 Å². The van der Waals surface area contributed by atoms with Crippen LogP contribution in [0.15, 0.2) is 0 Å². The molecule has 1 atom stereocenters. The number of piperazine rings is 1. The molecule has 0 aromatic rings. The monoisotopic (exact) mass is 229 g/mol. The first-order valence-corrected chi connectivity index (χ1v) is 5.43. The molecule has 6 nitrogen and oxygen atoms in total. The van der Waals surface area contributed by atoms with Crippen molar-refractivity contribution in [1.82, 2.24) is 15.5 Å². The number of rotatable bonds is 5. The maximum absolute atomic E-state index is 11.8. The van der Waals surface area contributed by atoms with Crippen LogP contribution < -0.4 is 10.6 Å². The minimum atomic E-state index is -0.370. The van der Waals surface area contributed by atoms with Crippen LogP contribution in [0, 0.1) is 0 Å². The lowest BCUT2D eigenvalue weighted by atomic mass is 10.2. The fourth-order valence-electron chi connectivity index (χ4n) is 1.59. The average molecular weight is 229 g/mol. The molecule has 92 valence electrons. The number of amides is 2. The number of hydrogen-bond donors (Lipinski definition) is 2. The van der Waals surface area contributed by atoms with Crippen molar-refractivity contribution in [2.45, 2.75) is 13.0 Å². The van der Waals surface area contributed by atoms with E-state index in [-0.39, 0.29) is 24.4 Å². The van der Waals surface area contributed by atoms with E-state index in [1.54, 1.807) is 18.9 Å². The summed E-state index contributed by atoms with van der Waals surface area (Å²) in [7, 11) is 1.61. The SMILES string of the molecule is COCCNCC(=O)N1CCNC(=O)C1C. The molecule has 1 fully saturated rings. The minimum absolute atomic E-state index is 0.0431. The Morgan fingerprint density at radius 1 is 1.69 bits per heavy atom. The first-order valence-electron chi connectivity index (χ1n) is 5.43. The molecule has 1 aliphatic rings. The number of nitrogens with zero attached hydrogens (tertiary/aromatic N) is 1. The predicted molar refractivity (Wildman–Crippen MR) is 58.9 cm³/mol. The average Bonchev–Trinajstić information content (AvgIpc) is 2.28. The number of methoxy groups -OCH3 is 1. The van der Waals surface area contributed by atoms with Crippen LogP contribution in [0.25, 0.3) is 0 Å². The quantitative estimate of drug-likeness (QED) is 0.567. The Hall–Kier alpha value is -1.14. The van der Waals surface area contributed by atoms with E-state index in [2.05, 4.69) is 10.6 Å². The maximum Gasteiger partial charge on any atom is 0.242 e. The number of hydrogen-bond acceptors (Lipinski definition) is 4. The highest BCUT2D eigenvalue weighted by Crippen LogP contribution is 2.03. The standard InChI is InChI=1S/C10H19N3O3/c1-8-10(15)12-3-5-13(8)9(14)7-11-4-6-16-2/h8,11H,3-7H2,1-2H3,(H,12,15). The van der Waals surface area contributed by atoms with Gasteiger partial charge in [0, 0.05) is 26.7 Å². The van der Waals surface area contributed by atoms with E-state index >= 15 is 0 Å². The fourth-order valence-corrected chi connectivity index (χ4v) is 1.59. The Bertz CT molecular complexity index is 258. The number of ether oxygens (including phenoxy) is 1. The Labute approximate surface area is 95.3 Å². The second-order valence-corrected chi connectivity index (χ2v) is 3.72. The highest BCUT2D eigenvalue weighted by molar-refractivity contribution is 5.89. The van der Waals surface area contributed by atoms with E-state index in [0.717, 1.165) is 0 Å². The van der Waals surface area contributed by atoms with Gasteiger partial charge in [0.15, 0.2) is 0 Å². The lowest BCUT2D eigenvalue weighted by Gasteiger charge is -2.32. The van der Waals surface area contributed by atoms with Gasteiger partial charge in [-0.1, -0.05) is 0 Å². The molecule has 1 unspecified atom stereocenters. The zero-order valence-corrected chi connectivity index (χ0v) is 9.78. The van der Waals surface area contributed by atoms with Gasteiger partial charge in [-0.25, -0.2) is 0 Å². The molecule has 0 aliphatic carbocycles. The summed E-state index contributed by atoms with van der Waals surface area (Å²) in [5, 5.41) is 5.69. The van der Waals surface area contributed by atoms with Gasteiger partial charge in [0.2, 0.25) is 11.8 Å². The molecule has 0 saturated carbocycles. The van der Waals surface area contributed by atoms with Gasteiger partial charge in [-0.2, -0.15) is 0 Å². The molecular weight excluding hydrogens is 210 g/mol. The fraction of sp³-hybridized carbons (Fsp3) is 0.800. The Balaban J connectivity index is 2.32. The first kappa shape index (κ1) is 12.9. The Kier molecular flexibility index (Phi) is 5.21. The van der Waals surface area contributed by atoms with Gasteiger partial charge < -0.3 is 20.3 Å². The van der Waals surface area contributed by atoms with Crippen molar-refractivity contribution in [3.8, 4) is 0 Å². The summed E-state index contributed by atoms with van der Waals surface area (Å²) in [4.78, 5) is 24.7. The van der Waals surface area contributed by atoms with Crippen molar-refractivity contribution in [2.24, 2.45) is 0 Å². The van der Waals surface area contributed by atoms with E-state index in [9.17, 15) is 9.59 Å². The zero-order valence-electron chi connectivity index (χ0n) is 9.78. The molecule has 1 aliphatic heterocycles. The molecule has 1 saturated heterocycles. The smallest absolute Gasteiger partial charge is 0.242 e. The molecule has 6 heteroatoms. The van der Waals surface area contributed by atoms with E-state index in [1.807, 2.05) is 0 Å². The molecule has 1 rings (SSSR count). The van der Waals surface area contributed by atoms with Gasteiger partial charge in [-0.05, 0) is 6.92 Å². The highest BCUT2D eigenvalue weighted by atomic mass is 16.5. The topological polar surface area (TPSA) is 70.7 Å². The Morgan fingerprint density at radius 2 is 2.44 bits per heavy atom. The van der Waals surface area contributed by atoms with Crippen LogP contribution in [0.5, 0.6) is 0 Å². The van der Waals surface area contributed by atoms with Crippen LogP contribution >= 0.6 is 0 Å². The van der Waals surface area contributed by atoms with Crippen molar-refractivity contribution in [3.63, 3.8) is 0 Å².